The molecule has 2 heteroatoms. The van der Waals surface area contributed by atoms with Gasteiger partial charge in [0, 0.05) is 19.0 Å². The molecule has 1 aromatic rings. The lowest BCUT2D eigenvalue weighted by molar-refractivity contribution is 0.212. The highest BCUT2D eigenvalue weighted by Crippen LogP contribution is 2.36. The number of benzene rings is 1. The van der Waals surface area contributed by atoms with Crippen molar-refractivity contribution in [2.24, 2.45) is 5.41 Å². The molecule has 0 aliphatic heterocycles. The molecular weight excluding hydrogens is 242 g/mol. The van der Waals surface area contributed by atoms with Crippen LogP contribution in [0.5, 0.6) is 0 Å². The second-order valence-corrected chi connectivity index (χ2v) is 6.05. The maximum absolute atomic E-state index is 6.20. The quantitative estimate of drug-likeness (QED) is 0.784. The van der Waals surface area contributed by atoms with Gasteiger partial charge in [0.05, 0.1) is 0 Å². The van der Waals surface area contributed by atoms with Gasteiger partial charge in [0.15, 0.2) is 0 Å². The molecule has 0 atom stereocenters. The molecule has 1 fully saturated rings. The molecule has 0 unspecified atom stereocenters. The van der Waals surface area contributed by atoms with Crippen molar-refractivity contribution in [3.05, 3.63) is 35.4 Å². The number of alkyl halides is 1. The summed E-state index contributed by atoms with van der Waals surface area (Å²) in [5.74, 6) is 0.800. The summed E-state index contributed by atoms with van der Waals surface area (Å²) in [6, 6.07) is 8.76. The number of hydrogen-bond donors (Lipinski definition) is 1. The average molecular weight is 266 g/mol. The highest BCUT2D eigenvalue weighted by molar-refractivity contribution is 6.18. The van der Waals surface area contributed by atoms with Gasteiger partial charge in [-0.15, -0.1) is 11.6 Å². The van der Waals surface area contributed by atoms with E-state index in [0.717, 1.165) is 19.0 Å². The number of halogens is 1. The van der Waals surface area contributed by atoms with Gasteiger partial charge < -0.3 is 5.32 Å². The van der Waals surface area contributed by atoms with E-state index >= 15 is 0 Å². The van der Waals surface area contributed by atoms with Gasteiger partial charge in [0.2, 0.25) is 0 Å². The van der Waals surface area contributed by atoms with Crippen LogP contribution in [-0.4, -0.2) is 12.4 Å². The van der Waals surface area contributed by atoms with Crippen molar-refractivity contribution in [2.45, 2.75) is 45.6 Å². The van der Waals surface area contributed by atoms with E-state index in [0.29, 0.717) is 5.41 Å². The lowest BCUT2D eigenvalue weighted by Crippen LogP contribution is -2.37. The molecule has 0 heterocycles. The Balaban J connectivity index is 1.81. The number of nitrogens with one attached hydrogen (secondary N) is 1. The number of hydrogen-bond acceptors (Lipinski definition) is 1. The molecule has 1 nitrogen and oxygen atoms in total. The molecule has 1 aliphatic carbocycles. The smallest absolute Gasteiger partial charge is 0.0292 e. The van der Waals surface area contributed by atoms with Crippen LogP contribution in [0.3, 0.4) is 0 Å². The van der Waals surface area contributed by atoms with Crippen molar-refractivity contribution in [2.75, 3.05) is 12.4 Å². The van der Waals surface area contributed by atoms with Gasteiger partial charge in [-0.2, -0.15) is 0 Å². The maximum atomic E-state index is 6.20. The monoisotopic (exact) mass is 265 g/mol. The first-order valence-corrected chi connectivity index (χ1v) is 7.60. The molecule has 0 amide bonds. The van der Waals surface area contributed by atoms with Crippen molar-refractivity contribution in [3.8, 4) is 0 Å². The molecule has 1 aliphatic rings. The number of aryl methyl sites for hydroxylation is 1. The van der Waals surface area contributed by atoms with Crippen LogP contribution >= 0.6 is 11.6 Å². The molecule has 1 N–H and O–H groups in total. The van der Waals surface area contributed by atoms with Crippen molar-refractivity contribution < 1.29 is 0 Å². The summed E-state index contributed by atoms with van der Waals surface area (Å²) in [6.07, 6.45) is 6.66. The third kappa shape index (κ3) is 3.73. The Morgan fingerprint density at radius 2 is 1.78 bits per heavy atom. The topological polar surface area (TPSA) is 12.0 Å². The van der Waals surface area contributed by atoms with Gasteiger partial charge in [0.1, 0.15) is 0 Å². The summed E-state index contributed by atoms with van der Waals surface area (Å²) in [5.41, 5.74) is 3.04. The number of rotatable bonds is 5. The normalized spacial score (nSPS) is 18.8. The minimum Gasteiger partial charge on any atom is -0.312 e. The van der Waals surface area contributed by atoms with Gasteiger partial charge >= 0.3 is 0 Å². The second kappa shape index (κ2) is 6.58. The zero-order valence-corrected chi connectivity index (χ0v) is 12.1. The van der Waals surface area contributed by atoms with Crippen LogP contribution in [0.4, 0.5) is 0 Å². The lowest BCUT2D eigenvalue weighted by atomic mass is 9.75. The van der Waals surface area contributed by atoms with Gasteiger partial charge in [-0.3, -0.25) is 0 Å². The fraction of sp³-hybridized carbons (Fsp3) is 0.625. The van der Waals surface area contributed by atoms with Crippen molar-refractivity contribution in [1.82, 2.24) is 5.32 Å². The minimum atomic E-state index is 0.352. The van der Waals surface area contributed by atoms with E-state index in [2.05, 4.69) is 36.5 Å². The van der Waals surface area contributed by atoms with Crippen LogP contribution < -0.4 is 5.32 Å². The van der Waals surface area contributed by atoms with E-state index in [-0.39, 0.29) is 0 Å². The Morgan fingerprint density at radius 3 is 2.39 bits per heavy atom. The largest absolute Gasteiger partial charge is 0.312 e. The van der Waals surface area contributed by atoms with Gasteiger partial charge in [-0.25, -0.2) is 0 Å². The summed E-state index contributed by atoms with van der Waals surface area (Å²) >= 11 is 6.20. The maximum Gasteiger partial charge on any atom is 0.0292 e. The van der Waals surface area contributed by atoms with E-state index < -0.39 is 0 Å². The third-order valence-electron chi connectivity index (χ3n) is 4.15. The Labute approximate surface area is 116 Å². The minimum absolute atomic E-state index is 0.352. The zero-order valence-electron chi connectivity index (χ0n) is 11.3. The summed E-state index contributed by atoms with van der Waals surface area (Å²) in [6.45, 7) is 4.14. The van der Waals surface area contributed by atoms with Gasteiger partial charge in [-0.1, -0.05) is 49.1 Å². The van der Waals surface area contributed by atoms with Crippen LogP contribution in [0.1, 0.15) is 43.2 Å². The Kier molecular flexibility index (Phi) is 5.08. The highest BCUT2D eigenvalue weighted by atomic mass is 35.5. The molecule has 18 heavy (non-hydrogen) atoms. The third-order valence-corrected chi connectivity index (χ3v) is 4.71. The summed E-state index contributed by atoms with van der Waals surface area (Å²) < 4.78 is 0. The van der Waals surface area contributed by atoms with Crippen LogP contribution in [0.25, 0.3) is 0 Å². The summed E-state index contributed by atoms with van der Waals surface area (Å²) in [4.78, 5) is 0. The summed E-state index contributed by atoms with van der Waals surface area (Å²) in [7, 11) is 0. The average Bonchev–Trinajstić information content (AvgIpc) is 2.42. The molecule has 100 valence electrons. The van der Waals surface area contributed by atoms with Crippen LogP contribution in [-0.2, 0) is 6.54 Å². The van der Waals surface area contributed by atoms with E-state index in [1.807, 2.05) is 0 Å². The van der Waals surface area contributed by atoms with Crippen LogP contribution in [0.15, 0.2) is 24.3 Å². The molecule has 0 radical (unpaired) electrons. The van der Waals surface area contributed by atoms with Gasteiger partial charge in [-0.05, 0) is 30.7 Å². The molecule has 0 aromatic heterocycles. The predicted molar refractivity (Wildman–Crippen MR) is 79.1 cm³/mol. The molecule has 2 rings (SSSR count). The molecule has 0 bridgehead atoms. The second-order valence-electron chi connectivity index (χ2n) is 5.78. The molecular formula is C16H24ClN. The highest BCUT2D eigenvalue weighted by Gasteiger charge is 2.30. The van der Waals surface area contributed by atoms with Crippen LogP contribution in [0, 0.1) is 12.3 Å². The molecule has 1 aromatic carbocycles. The van der Waals surface area contributed by atoms with Gasteiger partial charge in [0.25, 0.3) is 0 Å². The first kappa shape index (κ1) is 13.9. The fourth-order valence-corrected chi connectivity index (χ4v) is 3.20. The first-order chi connectivity index (χ1) is 8.74. The Hall–Kier alpha value is -0.530. The van der Waals surface area contributed by atoms with Crippen LogP contribution in [0.2, 0.25) is 0 Å². The van der Waals surface area contributed by atoms with Crippen molar-refractivity contribution in [3.63, 3.8) is 0 Å². The van der Waals surface area contributed by atoms with Crippen molar-refractivity contribution >= 4 is 11.6 Å². The van der Waals surface area contributed by atoms with E-state index in [9.17, 15) is 0 Å². The zero-order chi connectivity index (χ0) is 12.8. The van der Waals surface area contributed by atoms with E-state index in [4.69, 9.17) is 11.6 Å². The lowest BCUT2D eigenvalue weighted by Gasteiger charge is -2.35. The van der Waals surface area contributed by atoms with E-state index in [1.165, 1.54) is 43.2 Å². The Bertz CT molecular complexity index is 352. The predicted octanol–water partition coefficient (Wildman–Crippen LogP) is 4.27. The van der Waals surface area contributed by atoms with E-state index in [1.54, 1.807) is 0 Å². The molecule has 1 saturated carbocycles. The first-order valence-electron chi connectivity index (χ1n) is 7.06. The fourth-order valence-electron chi connectivity index (χ4n) is 2.84. The summed E-state index contributed by atoms with van der Waals surface area (Å²) in [5, 5.41) is 3.60. The molecule has 0 saturated heterocycles. The van der Waals surface area contributed by atoms with Crippen molar-refractivity contribution in [1.29, 1.82) is 0 Å². The standard InChI is InChI=1S/C16H24ClN/c1-14-5-7-15(8-6-14)11-18-13-16(12-17)9-3-2-4-10-16/h5-8,18H,2-4,9-13H2,1H3. The SMILES string of the molecule is Cc1ccc(CNCC2(CCl)CCCCC2)cc1. The molecule has 0 spiro atoms. The Morgan fingerprint density at radius 1 is 1.11 bits per heavy atom.